The van der Waals surface area contributed by atoms with Crippen molar-refractivity contribution in [2.45, 2.75) is 52.2 Å². The fourth-order valence-electron chi connectivity index (χ4n) is 4.54. The zero-order valence-electron chi connectivity index (χ0n) is 20.4. The van der Waals surface area contributed by atoms with Crippen molar-refractivity contribution in [2.24, 2.45) is 12.8 Å². The number of anilines is 1. The van der Waals surface area contributed by atoms with E-state index in [4.69, 9.17) is 10.7 Å². The Morgan fingerprint density at radius 1 is 1.26 bits per heavy atom. The minimum absolute atomic E-state index is 0.0301. The number of allylic oxidation sites excluding steroid dienone is 2. The monoisotopic (exact) mass is 480 g/mol. The van der Waals surface area contributed by atoms with E-state index in [0.29, 0.717) is 36.6 Å². The van der Waals surface area contributed by atoms with Crippen LogP contribution in [0.4, 0.5) is 5.95 Å². The summed E-state index contributed by atoms with van der Waals surface area (Å²) in [5.74, 6) is -0.374. The molecule has 1 aromatic carbocycles. The highest BCUT2D eigenvalue weighted by atomic mass is 16.4. The molecule has 1 aliphatic heterocycles. The molecule has 0 amide bonds. The van der Waals surface area contributed by atoms with E-state index >= 15 is 0 Å². The number of aryl methyl sites for hydroxylation is 2. The van der Waals surface area contributed by atoms with Gasteiger partial charge in [-0.25, -0.2) is 9.59 Å². The maximum Gasteiger partial charge on any atom is 0.335 e. The van der Waals surface area contributed by atoms with Gasteiger partial charge in [0.25, 0.3) is 5.56 Å². The van der Waals surface area contributed by atoms with Crippen LogP contribution in [0.1, 0.15) is 42.6 Å². The summed E-state index contributed by atoms with van der Waals surface area (Å²) in [6.07, 6.45) is 4.25. The molecule has 0 saturated carbocycles. The molecular weight excluding hydrogens is 448 g/mol. The minimum atomic E-state index is -1.02. The molecule has 1 unspecified atom stereocenters. The first-order valence-corrected chi connectivity index (χ1v) is 11.8. The molecule has 10 nitrogen and oxygen atoms in total. The number of carboxylic acid groups (broad SMARTS) is 1. The number of imidazole rings is 1. The van der Waals surface area contributed by atoms with Crippen LogP contribution in [-0.4, -0.2) is 48.9 Å². The van der Waals surface area contributed by atoms with Gasteiger partial charge >= 0.3 is 11.7 Å². The molecule has 35 heavy (non-hydrogen) atoms. The summed E-state index contributed by atoms with van der Waals surface area (Å²) in [5, 5.41) is 9.25. The van der Waals surface area contributed by atoms with E-state index in [1.165, 1.54) is 15.2 Å². The number of nitrogens with zero attached hydrogens (tertiary/aromatic N) is 5. The molecule has 0 radical (unpaired) electrons. The molecule has 0 bridgehead atoms. The third-order valence-corrected chi connectivity index (χ3v) is 6.43. The van der Waals surface area contributed by atoms with Crippen molar-refractivity contribution in [3.63, 3.8) is 0 Å². The molecule has 3 N–H and O–H groups in total. The highest BCUT2D eigenvalue weighted by Gasteiger charge is 2.26. The van der Waals surface area contributed by atoms with E-state index in [2.05, 4.69) is 4.90 Å². The number of aromatic carboxylic acids is 1. The van der Waals surface area contributed by atoms with Crippen molar-refractivity contribution >= 4 is 23.1 Å². The Hall–Kier alpha value is -3.66. The number of carboxylic acids is 1. The second-order valence-corrected chi connectivity index (χ2v) is 9.38. The van der Waals surface area contributed by atoms with Gasteiger partial charge in [0, 0.05) is 39.3 Å². The number of benzene rings is 1. The van der Waals surface area contributed by atoms with Crippen molar-refractivity contribution in [2.75, 3.05) is 18.0 Å². The zero-order valence-corrected chi connectivity index (χ0v) is 20.4. The van der Waals surface area contributed by atoms with Gasteiger partial charge in [0.05, 0.1) is 5.56 Å². The van der Waals surface area contributed by atoms with Crippen molar-refractivity contribution in [1.29, 1.82) is 0 Å². The van der Waals surface area contributed by atoms with Crippen LogP contribution in [0.2, 0.25) is 0 Å². The predicted octanol–water partition coefficient (Wildman–Crippen LogP) is 1.73. The summed E-state index contributed by atoms with van der Waals surface area (Å²) >= 11 is 0. The molecule has 1 atom stereocenters. The molecular formula is C25H32N6O4. The highest BCUT2D eigenvalue weighted by molar-refractivity contribution is 5.87. The summed E-state index contributed by atoms with van der Waals surface area (Å²) in [6, 6.07) is 6.55. The SMILES string of the molecule is CC(C)=CCn1c(N2CCCC(N)C2)nc2c1c(=O)n(CCc1cccc(C(=O)O)c1)c(=O)n2C. The lowest BCUT2D eigenvalue weighted by molar-refractivity contribution is 0.0696. The second-order valence-electron chi connectivity index (χ2n) is 9.38. The Bertz CT molecular complexity index is 1410. The van der Waals surface area contributed by atoms with E-state index in [1.54, 1.807) is 25.2 Å². The summed E-state index contributed by atoms with van der Waals surface area (Å²) in [4.78, 5) is 44.9. The fourth-order valence-corrected chi connectivity index (χ4v) is 4.54. The van der Waals surface area contributed by atoms with Crippen LogP contribution in [0, 0.1) is 0 Å². The molecule has 1 fully saturated rings. The molecule has 1 saturated heterocycles. The molecule has 186 valence electrons. The Labute approximate surface area is 202 Å². The van der Waals surface area contributed by atoms with E-state index in [0.717, 1.165) is 30.5 Å². The van der Waals surface area contributed by atoms with Crippen LogP contribution in [-0.2, 0) is 26.6 Å². The molecule has 10 heteroatoms. The van der Waals surface area contributed by atoms with E-state index in [9.17, 15) is 19.5 Å². The Kier molecular flexibility index (Phi) is 6.93. The summed E-state index contributed by atoms with van der Waals surface area (Å²) in [5.41, 5.74) is 8.09. The maximum absolute atomic E-state index is 13.7. The molecule has 0 spiro atoms. The van der Waals surface area contributed by atoms with E-state index in [-0.39, 0.29) is 18.2 Å². The van der Waals surface area contributed by atoms with Crippen molar-refractivity contribution in [1.82, 2.24) is 18.7 Å². The number of aromatic nitrogens is 4. The van der Waals surface area contributed by atoms with Crippen LogP contribution in [0.5, 0.6) is 0 Å². The number of rotatable bonds is 7. The number of hydrogen-bond acceptors (Lipinski definition) is 6. The quantitative estimate of drug-likeness (QED) is 0.493. The van der Waals surface area contributed by atoms with Gasteiger partial charge in [0.15, 0.2) is 11.2 Å². The third kappa shape index (κ3) is 4.93. The molecule has 3 aromatic rings. The molecule has 2 aromatic heterocycles. The van der Waals surface area contributed by atoms with Gasteiger partial charge in [-0.3, -0.25) is 13.9 Å². The number of fused-ring (bicyclic) bond motifs is 1. The maximum atomic E-state index is 13.7. The molecule has 3 heterocycles. The molecule has 0 aliphatic carbocycles. The Morgan fingerprint density at radius 3 is 2.71 bits per heavy atom. The Balaban J connectivity index is 1.81. The standard InChI is InChI=1S/C25H32N6O4/c1-16(2)9-12-30-20-21(27-24(30)29-11-5-8-19(26)15-29)28(3)25(35)31(22(20)32)13-10-17-6-4-7-18(14-17)23(33)34/h4,6-7,9,14,19H,5,8,10-13,15,26H2,1-3H3,(H,33,34). The lowest BCUT2D eigenvalue weighted by Gasteiger charge is -2.31. The number of piperidine rings is 1. The van der Waals surface area contributed by atoms with Gasteiger partial charge in [-0.2, -0.15) is 4.98 Å². The van der Waals surface area contributed by atoms with Crippen molar-refractivity contribution < 1.29 is 9.90 Å². The van der Waals surface area contributed by atoms with Gasteiger partial charge in [-0.1, -0.05) is 23.8 Å². The summed E-state index contributed by atoms with van der Waals surface area (Å²) < 4.78 is 4.50. The fraction of sp³-hybridized carbons (Fsp3) is 0.440. The van der Waals surface area contributed by atoms with Crippen LogP contribution < -0.4 is 21.9 Å². The van der Waals surface area contributed by atoms with Gasteiger partial charge in [-0.15, -0.1) is 0 Å². The van der Waals surface area contributed by atoms with E-state index < -0.39 is 17.2 Å². The molecule has 4 rings (SSSR count). The van der Waals surface area contributed by atoms with Crippen molar-refractivity contribution in [3.05, 3.63) is 67.9 Å². The van der Waals surface area contributed by atoms with Gasteiger partial charge in [0.2, 0.25) is 5.95 Å². The first-order chi connectivity index (χ1) is 16.7. The number of hydrogen-bond donors (Lipinski definition) is 2. The highest BCUT2D eigenvalue weighted by Crippen LogP contribution is 2.23. The third-order valence-electron chi connectivity index (χ3n) is 6.43. The van der Waals surface area contributed by atoms with Gasteiger partial charge < -0.3 is 20.3 Å². The van der Waals surface area contributed by atoms with E-state index in [1.807, 2.05) is 24.5 Å². The summed E-state index contributed by atoms with van der Waals surface area (Å²) in [7, 11) is 1.62. The zero-order chi connectivity index (χ0) is 25.3. The Morgan fingerprint density at radius 2 is 2.03 bits per heavy atom. The van der Waals surface area contributed by atoms with Crippen LogP contribution >= 0.6 is 0 Å². The topological polar surface area (TPSA) is 128 Å². The largest absolute Gasteiger partial charge is 0.478 e. The average Bonchev–Trinajstić information content (AvgIpc) is 3.21. The number of nitrogens with two attached hydrogens (primary N) is 1. The van der Waals surface area contributed by atoms with Gasteiger partial charge in [0.1, 0.15) is 0 Å². The normalized spacial score (nSPS) is 16.0. The van der Waals surface area contributed by atoms with Crippen molar-refractivity contribution in [3.8, 4) is 0 Å². The van der Waals surface area contributed by atoms with Crippen LogP contribution in [0.15, 0.2) is 45.5 Å². The second kappa shape index (κ2) is 9.91. The van der Waals surface area contributed by atoms with Crippen LogP contribution in [0.25, 0.3) is 11.2 Å². The number of carbonyl (C=O) groups is 1. The first-order valence-electron chi connectivity index (χ1n) is 11.8. The lowest BCUT2D eigenvalue weighted by Crippen LogP contribution is -2.44. The summed E-state index contributed by atoms with van der Waals surface area (Å²) in [6.45, 7) is 5.99. The average molecular weight is 481 g/mol. The predicted molar refractivity (Wildman–Crippen MR) is 135 cm³/mol. The first kappa shape index (κ1) is 24.5. The van der Waals surface area contributed by atoms with Gasteiger partial charge in [-0.05, 0) is 50.8 Å². The van der Waals surface area contributed by atoms with Crippen LogP contribution in [0.3, 0.4) is 0 Å². The lowest BCUT2D eigenvalue weighted by atomic mass is 10.1. The molecule has 1 aliphatic rings. The minimum Gasteiger partial charge on any atom is -0.478 e. The smallest absolute Gasteiger partial charge is 0.335 e.